The lowest BCUT2D eigenvalue weighted by Crippen LogP contribution is -2.26. The van der Waals surface area contributed by atoms with Crippen molar-refractivity contribution in [3.63, 3.8) is 0 Å². The first-order valence-electron chi connectivity index (χ1n) is 8.03. The Balaban J connectivity index is 1.87. The van der Waals surface area contributed by atoms with Crippen molar-refractivity contribution in [1.29, 1.82) is 0 Å². The number of pyridine rings is 1. The molecule has 1 N–H and O–H groups in total. The highest BCUT2D eigenvalue weighted by molar-refractivity contribution is 5.82. The monoisotopic (exact) mass is 284 g/mol. The third-order valence-electron chi connectivity index (χ3n) is 4.42. The second-order valence-corrected chi connectivity index (χ2v) is 5.82. The number of ether oxygens (including phenoxy) is 1. The molecule has 2 aromatic rings. The van der Waals surface area contributed by atoms with Crippen LogP contribution in [-0.2, 0) is 4.74 Å². The van der Waals surface area contributed by atoms with Gasteiger partial charge in [-0.25, -0.2) is 0 Å². The summed E-state index contributed by atoms with van der Waals surface area (Å²) in [7, 11) is 0. The number of rotatable bonds is 5. The first kappa shape index (κ1) is 14.5. The van der Waals surface area contributed by atoms with E-state index in [-0.39, 0.29) is 0 Å². The van der Waals surface area contributed by atoms with Crippen molar-refractivity contribution in [2.45, 2.75) is 32.2 Å². The highest BCUT2D eigenvalue weighted by atomic mass is 16.5. The maximum absolute atomic E-state index is 5.49. The molecular formula is C18H24N2O. The van der Waals surface area contributed by atoms with Crippen LogP contribution in [0, 0.1) is 5.92 Å². The molecule has 1 aromatic carbocycles. The van der Waals surface area contributed by atoms with E-state index in [0.29, 0.717) is 6.04 Å². The van der Waals surface area contributed by atoms with E-state index in [4.69, 9.17) is 4.74 Å². The van der Waals surface area contributed by atoms with Crippen LogP contribution in [0.1, 0.15) is 37.8 Å². The topological polar surface area (TPSA) is 34.1 Å². The summed E-state index contributed by atoms with van der Waals surface area (Å²) in [5.41, 5.74) is 2.47. The second-order valence-electron chi connectivity index (χ2n) is 5.82. The van der Waals surface area contributed by atoms with Gasteiger partial charge < -0.3 is 10.1 Å². The highest BCUT2D eigenvalue weighted by Gasteiger charge is 2.21. The lowest BCUT2D eigenvalue weighted by Gasteiger charge is -2.28. The lowest BCUT2D eigenvalue weighted by atomic mass is 9.88. The van der Waals surface area contributed by atoms with Gasteiger partial charge in [0.1, 0.15) is 0 Å². The van der Waals surface area contributed by atoms with E-state index in [1.165, 1.54) is 30.2 Å². The molecule has 0 aliphatic carbocycles. The number of fused-ring (bicyclic) bond motifs is 1. The van der Waals surface area contributed by atoms with Crippen LogP contribution in [0.4, 0.5) is 0 Å². The molecule has 0 amide bonds. The van der Waals surface area contributed by atoms with Gasteiger partial charge in [0.2, 0.25) is 0 Å². The van der Waals surface area contributed by atoms with E-state index in [1.54, 1.807) is 0 Å². The van der Waals surface area contributed by atoms with Gasteiger partial charge >= 0.3 is 0 Å². The number of aromatic nitrogens is 1. The van der Waals surface area contributed by atoms with E-state index < -0.39 is 0 Å². The van der Waals surface area contributed by atoms with Gasteiger partial charge in [-0.1, -0.05) is 25.1 Å². The highest BCUT2D eigenvalue weighted by Crippen LogP contribution is 2.31. The number of nitrogens with one attached hydrogen (secondary N) is 1. The first-order chi connectivity index (χ1) is 10.4. The molecule has 1 atom stereocenters. The van der Waals surface area contributed by atoms with Crippen molar-refractivity contribution in [2.24, 2.45) is 5.92 Å². The molecule has 0 saturated carbocycles. The van der Waals surface area contributed by atoms with Gasteiger partial charge in [0.15, 0.2) is 0 Å². The largest absolute Gasteiger partial charge is 0.381 e. The van der Waals surface area contributed by atoms with Gasteiger partial charge in [0.25, 0.3) is 0 Å². The maximum Gasteiger partial charge on any atom is 0.0705 e. The predicted molar refractivity (Wildman–Crippen MR) is 86.3 cm³/mol. The standard InChI is InChI=1S/C18H24N2O/c1-2-19-18(13-14-8-11-21-12-9-14)16-7-10-20-17-6-4-3-5-15(16)17/h3-7,10,14,18-19H,2,8-9,11-13H2,1H3. The predicted octanol–water partition coefficient (Wildman–Crippen LogP) is 3.70. The molecule has 1 aliphatic rings. The molecular weight excluding hydrogens is 260 g/mol. The Hall–Kier alpha value is -1.45. The van der Waals surface area contributed by atoms with Crippen molar-refractivity contribution in [3.05, 3.63) is 42.1 Å². The number of nitrogens with zero attached hydrogens (tertiary/aromatic N) is 1. The minimum atomic E-state index is 0.408. The summed E-state index contributed by atoms with van der Waals surface area (Å²) in [5, 5.41) is 4.95. The third-order valence-corrected chi connectivity index (χ3v) is 4.42. The normalized spacial score (nSPS) is 18.0. The molecule has 3 nitrogen and oxygen atoms in total. The number of para-hydroxylation sites is 1. The Morgan fingerprint density at radius 1 is 1.24 bits per heavy atom. The summed E-state index contributed by atoms with van der Waals surface area (Å²) in [4.78, 5) is 4.48. The van der Waals surface area contributed by atoms with Crippen molar-refractivity contribution in [1.82, 2.24) is 10.3 Å². The molecule has 1 aromatic heterocycles. The fourth-order valence-corrected chi connectivity index (χ4v) is 3.30. The van der Waals surface area contributed by atoms with Gasteiger partial charge in [-0.2, -0.15) is 0 Å². The van der Waals surface area contributed by atoms with Gasteiger partial charge in [0.05, 0.1) is 5.52 Å². The van der Waals surface area contributed by atoms with Crippen molar-refractivity contribution < 1.29 is 4.74 Å². The van der Waals surface area contributed by atoms with E-state index in [0.717, 1.165) is 31.2 Å². The molecule has 3 rings (SSSR count). The summed E-state index contributed by atoms with van der Waals surface area (Å²) >= 11 is 0. The Morgan fingerprint density at radius 2 is 2.05 bits per heavy atom. The van der Waals surface area contributed by atoms with E-state index in [2.05, 4.69) is 47.6 Å². The molecule has 1 aliphatic heterocycles. The molecule has 21 heavy (non-hydrogen) atoms. The molecule has 0 spiro atoms. The Kier molecular flexibility index (Phi) is 4.84. The summed E-state index contributed by atoms with van der Waals surface area (Å²) in [6, 6.07) is 11.0. The average molecular weight is 284 g/mol. The van der Waals surface area contributed by atoms with Crippen LogP contribution < -0.4 is 5.32 Å². The number of hydrogen-bond donors (Lipinski definition) is 1. The number of hydrogen-bond acceptors (Lipinski definition) is 3. The van der Waals surface area contributed by atoms with Gasteiger partial charge in [-0.15, -0.1) is 0 Å². The van der Waals surface area contributed by atoms with E-state index in [1.807, 2.05) is 6.20 Å². The van der Waals surface area contributed by atoms with Crippen LogP contribution in [0.2, 0.25) is 0 Å². The zero-order valence-electron chi connectivity index (χ0n) is 12.7. The van der Waals surface area contributed by atoms with Crippen molar-refractivity contribution >= 4 is 10.9 Å². The molecule has 2 heterocycles. The van der Waals surface area contributed by atoms with Gasteiger partial charge in [-0.3, -0.25) is 4.98 Å². The smallest absolute Gasteiger partial charge is 0.0705 e. The quantitative estimate of drug-likeness (QED) is 0.909. The number of benzene rings is 1. The summed E-state index contributed by atoms with van der Waals surface area (Å²) in [6.45, 7) is 5.01. The third kappa shape index (κ3) is 3.42. The van der Waals surface area contributed by atoms with Crippen molar-refractivity contribution in [2.75, 3.05) is 19.8 Å². The molecule has 1 fully saturated rings. The summed E-state index contributed by atoms with van der Waals surface area (Å²) in [6.07, 6.45) is 5.49. The van der Waals surface area contributed by atoms with Crippen LogP contribution in [-0.4, -0.2) is 24.7 Å². The molecule has 1 saturated heterocycles. The first-order valence-corrected chi connectivity index (χ1v) is 8.03. The fraction of sp³-hybridized carbons (Fsp3) is 0.500. The zero-order chi connectivity index (χ0) is 14.5. The van der Waals surface area contributed by atoms with Gasteiger partial charge in [-0.05, 0) is 49.4 Å². The van der Waals surface area contributed by atoms with Crippen LogP contribution in [0.25, 0.3) is 10.9 Å². The van der Waals surface area contributed by atoms with Gasteiger partial charge in [0, 0.05) is 30.8 Å². The van der Waals surface area contributed by atoms with Crippen LogP contribution in [0.15, 0.2) is 36.5 Å². The van der Waals surface area contributed by atoms with Crippen LogP contribution >= 0.6 is 0 Å². The van der Waals surface area contributed by atoms with Crippen LogP contribution in [0.3, 0.4) is 0 Å². The van der Waals surface area contributed by atoms with E-state index in [9.17, 15) is 0 Å². The summed E-state index contributed by atoms with van der Waals surface area (Å²) in [5.74, 6) is 0.759. The Bertz CT molecular complexity index is 573. The molecule has 3 heteroatoms. The molecule has 0 radical (unpaired) electrons. The maximum atomic E-state index is 5.49. The Morgan fingerprint density at radius 3 is 2.86 bits per heavy atom. The minimum Gasteiger partial charge on any atom is -0.381 e. The van der Waals surface area contributed by atoms with Crippen LogP contribution in [0.5, 0.6) is 0 Å². The zero-order valence-corrected chi connectivity index (χ0v) is 12.7. The van der Waals surface area contributed by atoms with Crippen molar-refractivity contribution in [3.8, 4) is 0 Å². The average Bonchev–Trinajstić information content (AvgIpc) is 2.55. The fourth-order valence-electron chi connectivity index (χ4n) is 3.30. The summed E-state index contributed by atoms with van der Waals surface area (Å²) < 4.78 is 5.49. The van der Waals surface area contributed by atoms with E-state index >= 15 is 0 Å². The molecule has 1 unspecified atom stereocenters. The second kappa shape index (κ2) is 7.01. The SMILES string of the molecule is CCNC(CC1CCOCC1)c1ccnc2ccccc12. The molecule has 0 bridgehead atoms. The molecule has 112 valence electrons. The minimum absolute atomic E-state index is 0.408. The Labute approximate surface area is 126 Å². The lowest BCUT2D eigenvalue weighted by molar-refractivity contribution is 0.0606.